The van der Waals surface area contributed by atoms with Crippen LogP contribution in [0.15, 0.2) is 42.7 Å². The van der Waals surface area contributed by atoms with E-state index < -0.39 is 0 Å². The first-order chi connectivity index (χ1) is 13.1. The summed E-state index contributed by atoms with van der Waals surface area (Å²) in [5, 5.41) is 3.44. The minimum Gasteiger partial charge on any atom is -0.450 e. The molecule has 0 radical (unpaired) electrons. The van der Waals surface area contributed by atoms with Gasteiger partial charge in [-0.3, -0.25) is 9.78 Å². The SMILES string of the molecule is CCOC(=O)N1CCN(c2cncc(C(=O)Nc3ccc(Cl)cc3)c2)CC1. The van der Waals surface area contributed by atoms with Gasteiger partial charge in [0.05, 0.1) is 24.1 Å². The van der Waals surface area contributed by atoms with Crippen LogP contribution < -0.4 is 10.2 Å². The van der Waals surface area contributed by atoms with Crippen molar-refractivity contribution in [3.63, 3.8) is 0 Å². The second-order valence-electron chi connectivity index (χ2n) is 6.07. The molecule has 1 aromatic carbocycles. The van der Waals surface area contributed by atoms with Crippen molar-refractivity contribution in [3.8, 4) is 0 Å². The Balaban J connectivity index is 1.63. The third kappa shape index (κ3) is 4.89. The molecular formula is C19H21ClN4O3. The number of rotatable bonds is 4. The van der Waals surface area contributed by atoms with Crippen LogP contribution in [0.5, 0.6) is 0 Å². The molecular weight excluding hydrogens is 368 g/mol. The molecule has 2 heterocycles. The van der Waals surface area contributed by atoms with Crippen LogP contribution in [0.4, 0.5) is 16.2 Å². The largest absolute Gasteiger partial charge is 0.450 e. The molecule has 7 nitrogen and oxygen atoms in total. The molecule has 0 atom stereocenters. The zero-order valence-corrected chi connectivity index (χ0v) is 15.8. The van der Waals surface area contributed by atoms with Gasteiger partial charge in [0.2, 0.25) is 0 Å². The number of ether oxygens (including phenoxy) is 1. The summed E-state index contributed by atoms with van der Waals surface area (Å²) in [5.74, 6) is -0.239. The van der Waals surface area contributed by atoms with Crippen molar-refractivity contribution in [2.24, 2.45) is 0 Å². The first-order valence-corrected chi connectivity index (χ1v) is 9.13. The first kappa shape index (κ1) is 19.0. The van der Waals surface area contributed by atoms with E-state index in [-0.39, 0.29) is 12.0 Å². The van der Waals surface area contributed by atoms with Crippen molar-refractivity contribution in [2.75, 3.05) is 43.0 Å². The Labute approximate surface area is 162 Å². The Kier molecular flexibility index (Phi) is 6.13. The fourth-order valence-corrected chi connectivity index (χ4v) is 2.95. The Hall–Kier alpha value is -2.80. The smallest absolute Gasteiger partial charge is 0.409 e. The minimum atomic E-state index is -0.286. The number of carbonyl (C=O) groups is 2. The number of benzene rings is 1. The molecule has 0 aliphatic carbocycles. The standard InChI is InChI=1S/C19H21ClN4O3/c1-2-27-19(26)24-9-7-23(8-10-24)17-11-14(12-21-13-17)18(25)22-16-5-3-15(20)4-6-16/h3-6,11-13H,2,7-10H2,1H3,(H,22,25). The summed E-state index contributed by atoms with van der Waals surface area (Å²) in [6.45, 7) is 4.61. The van der Waals surface area contributed by atoms with Gasteiger partial charge in [-0.2, -0.15) is 0 Å². The van der Waals surface area contributed by atoms with Gasteiger partial charge in [0.25, 0.3) is 5.91 Å². The number of nitrogens with one attached hydrogen (secondary N) is 1. The number of piperazine rings is 1. The van der Waals surface area contributed by atoms with E-state index in [0.29, 0.717) is 49.1 Å². The topological polar surface area (TPSA) is 74.8 Å². The average Bonchev–Trinajstić information content (AvgIpc) is 2.70. The van der Waals surface area contributed by atoms with Gasteiger partial charge in [0.1, 0.15) is 0 Å². The first-order valence-electron chi connectivity index (χ1n) is 8.75. The van der Waals surface area contributed by atoms with Gasteiger partial charge in [-0.1, -0.05) is 11.6 Å². The molecule has 142 valence electrons. The number of anilines is 2. The summed E-state index contributed by atoms with van der Waals surface area (Å²) < 4.78 is 5.03. The lowest BCUT2D eigenvalue weighted by atomic mass is 10.2. The number of pyridine rings is 1. The van der Waals surface area contributed by atoms with Crippen LogP contribution in [0.3, 0.4) is 0 Å². The van der Waals surface area contributed by atoms with E-state index in [9.17, 15) is 9.59 Å². The number of hydrogen-bond acceptors (Lipinski definition) is 5. The van der Waals surface area contributed by atoms with Crippen LogP contribution >= 0.6 is 11.6 Å². The monoisotopic (exact) mass is 388 g/mol. The fraction of sp³-hybridized carbons (Fsp3) is 0.316. The van der Waals surface area contributed by atoms with Gasteiger partial charge < -0.3 is 19.9 Å². The molecule has 1 fully saturated rings. The van der Waals surface area contributed by atoms with Crippen molar-refractivity contribution < 1.29 is 14.3 Å². The Morgan fingerprint density at radius 3 is 2.52 bits per heavy atom. The highest BCUT2D eigenvalue weighted by molar-refractivity contribution is 6.30. The third-order valence-corrected chi connectivity index (χ3v) is 4.51. The molecule has 1 aliphatic rings. The van der Waals surface area contributed by atoms with Gasteiger partial charge >= 0.3 is 6.09 Å². The molecule has 27 heavy (non-hydrogen) atoms. The van der Waals surface area contributed by atoms with Crippen LogP contribution in [0.2, 0.25) is 5.02 Å². The summed E-state index contributed by atoms with van der Waals surface area (Å²) in [6, 6.07) is 8.72. The number of amides is 2. The van der Waals surface area contributed by atoms with Gasteiger partial charge in [0.15, 0.2) is 0 Å². The van der Waals surface area contributed by atoms with Gasteiger partial charge in [-0.15, -0.1) is 0 Å². The number of halogens is 1. The van der Waals surface area contributed by atoms with Gasteiger partial charge in [0, 0.05) is 43.1 Å². The molecule has 3 rings (SSSR count). The fourth-order valence-electron chi connectivity index (χ4n) is 2.82. The number of nitrogens with zero attached hydrogens (tertiary/aromatic N) is 3. The summed E-state index contributed by atoms with van der Waals surface area (Å²) in [6.07, 6.45) is 2.97. The second kappa shape index (κ2) is 8.73. The molecule has 0 spiro atoms. The normalized spacial score (nSPS) is 14.0. The molecule has 2 amide bonds. The van der Waals surface area contributed by atoms with Crippen LogP contribution in [0.25, 0.3) is 0 Å². The van der Waals surface area contributed by atoms with Crippen molar-refractivity contribution >= 4 is 35.0 Å². The van der Waals surface area contributed by atoms with Crippen molar-refractivity contribution in [3.05, 3.63) is 53.3 Å². The van der Waals surface area contributed by atoms with Crippen LogP contribution in [-0.4, -0.2) is 54.7 Å². The number of hydrogen-bond donors (Lipinski definition) is 1. The lowest BCUT2D eigenvalue weighted by molar-refractivity contribution is 0.102. The van der Waals surface area contributed by atoms with Gasteiger partial charge in [-0.05, 0) is 37.3 Å². The second-order valence-corrected chi connectivity index (χ2v) is 6.50. The zero-order valence-electron chi connectivity index (χ0n) is 15.0. The van der Waals surface area contributed by atoms with Crippen molar-refractivity contribution in [1.29, 1.82) is 0 Å². The Morgan fingerprint density at radius 2 is 1.85 bits per heavy atom. The number of carbonyl (C=O) groups excluding carboxylic acids is 2. The molecule has 1 N–H and O–H groups in total. The highest BCUT2D eigenvalue weighted by Gasteiger charge is 2.22. The van der Waals surface area contributed by atoms with E-state index in [1.165, 1.54) is 6.20 Å². The van der Waals surface area contributed by atoms with Crippen molar-refractivity contribution in [1.82, 2.24) is 9.88 Å². The molecule has 1 aliphatic heterocycles. The summed E-state index contributed by atoms with van der Waals surface area (Å²) in [5.41, 5.74) is 1.98. The van der Waals surface area contributed by atoms with E-state index >= 15 is 0 Å². The molecule has 0 saturated carbocycles. The van der Waals surface area contributed by atoms with E-state index in [1.807, 2.05) is 0 Å². The van der Waals surface area contributed by atoms with E-state index in [1.54, 1.807) is 48.4 Å². The highest BCUT2D eigenvalue weighted by Crippen LogP contribution is 2.19. The van der Waals surface area contributed by atoms with E-state index in [4.69, 9.17) is 16.3 Å². The average molecular weight is 389 g/mol. The van der Waals surface area contributed by atoms with E-state index in [0.717, 1.165) is 5.69 Å². The van der Waals surface area contributed by atoms with Crippen LogP contribution in [-0.2, 0) is 4.74 Å². The summed E-state index contributed by atoms with van der Waals surface area (Å²) in [4.78, 5) is 32.2. The third-order valence-electron chi connectivity index (χ3n) is 4.26. The van der Waals surface area contributed by atoms with Crippen molar-refractivity contribution in [2.45, 2.75) is 6.92 Å². The molecule has 0 bridgehead atoms. The molecule has 8 heteroatoms. The number of aromatic nitrogens is 1. The minimum absolute atomic E-state index is 0.239. The van der Waals surface area contributed by atoms with Crippen LogP contribution in [0.1, 0.15) is 17.3 Å². The van der Waals surface area contributed by atoms with E-state index in [2.05, 4.69) is 15.2 Å². The molecule has 2 aromatic rings. The van der Waals surface area contributed by atoms with Gasteiger partial charge in [-0.25, -0.2) is 4.79 Å². The predicted molar refractivity (Wildman–Crippen MR) is 104 cm³/mol. The Morgan fingerprint density at radius 1 is 1.15 bits per heavy atom. The maximum Gasteiger partial charge on any atom is 0.409 e. The maximum absolute atomic E-state index is 12.5. The highest BCUT2D eigenvalue weighted by atomic mass is 35.5. The quantitative estimate of drug-likeness (QED) is 0.870. The molecule has 0 unspecified atom stereocenters. The summed E-state index contributed by atoms with van der Waals surface area (Å²) >= 11 is 5.86. The zero-order chi connectivity index (χ0) is 19.2. The molecule has 1 aromatic heterocycles. The Bertz CT molecular complexity index is 805. The molecule has 1 saturated heterocycles. The lowest BCUT2D eigenvalue weighted by Gasteiger charge is -2.35. The van der Waals surface area contributed by atoms with Crippen LogP contribution in [0, 0.1) is 0 Å². The maximum atomic E-state index is 12.5. The lowest BCUT2D eigenvalue weighted by Crippen LogP contribution is -2.49. The summed E-state index contributed by atoms with van der Waals surface area (Å²) in [7, 11) is 0. The predicted octanol–water partition coefficient (Wildman–Crippen LogP) is 3.27.